The molecule has 1 aromatic carbocycles. The van der Waals surface area contributed by atoms with Crippen LogP contribution in [0.5, 0.6) is 5.75 Å². The number of nitriles is 1. The molecule has 2 N–H and O–H groups in total. The lowest BCUT2D eigenvalue weighted by atomic mass is 9.99. The van der Waals surface area contributed by atoms with Crippen LogP contribution in [0.4, 0.5) is 5.82 Å². The fourth-order valence-electron chi connectivity index (χ4n) is 4.15. The SMILES string of the molecule is N#Cc1ccc(NC[C@H]2CC[C@@]3(COCCN(Cc4cc(O)cc(Cl)c4)C3)O2)nc1. The van der Waals surface area contributed by atoms with Gasteiger partial charge in [-0.1, -0.05) is 11.6 Å². The van der Waals surface area contributed by atoms with Gasteiger partial charge in [0.1, 0.15) is 23.2 Å². The lowest BCUT2D eigenvalue weighted by Gasteiger charge is -2.32. The summed E-state index contributed by atoms with van der Waals surface area (Å²) in [5.74, 6) is 0.913. The predicted octanol–water partition coefficient (Wildman–Crippen LogP) is 3.17. The van der Waals surface area contributed by atoms with Crippen molar-refractivity contribution >= 4 is 17.4 Å². The van der Waals surface area contributed by atoms with Crippen molar-refractivity contribution in [2.45, 2.75) is 31.1 Å². The highest BCUT2D eigenvalue weighted by molar-refractivity contribution is 6.30. The molecule has 0 aliphatic carbocycles. The Labute approximate surface area is 181 Å². The molecule has 2 aliphatic heterocycles. The van der Waals surface area contributed by atoms with Crippen LogP contribution in [0.15, 0.2) is 36.5 Å². The van der Waals surface area contributed by atoms with Gasteiger partial charge in [0.05, 0.1) is 24.9 Å². The molecule has 3 heterocycles. The normalized spacial score (nSPS) is 24.5. The molecule has 0 unspecified atom stereocenters. The number of phenolic OH excluding ortho intramolecular Hbond substituents is 1. The Morgan fingerprint density at radius 3 is 3.03 bits per heavy atom. The number of nitrogens with zero attached hydrogens (tertiary/aromatic N) is 3. The Hall–Kier alpha value is -2.37. The molecular formula is C22H25ClN4O3. The highest BCUT2D eigenvalue weighted by atomic mass is 35.5. The Morgan fingerprint density at radius 1 is 1.37 bits per heavy atom. The molecule has 1 aromatic heterocycles. The van der Waals surface area contributed by atoms with E-state index in [9.17, 15) is 5.11 Å². The summed E-state index contributed by atoms with van der Waals surface area (Å²) >= 11 is 6.09. The van der Waals surface area contributed by atoms with Crippen LogP contribution < -0.4 is 5.32 Å². The number of halogens is 1. The van der Waals surface area contributed by atoms with Crippen LogP contribution in [0.1, 0.15) is 24.0 Å². The second kappa shape index (κ2) is 9.19. The van der Waals surface area contributed by atoms with Crippen LogP contribution in [-0.2, 0) is 16.0 Å². The van der Waals surface area contributed by atoms with Crippen molar-refractivity contribution < 1.29 is 14.6 Å². The first kappa shape index (κ1) is 20.9. The Morgan fingerprint density at radius 2 is 2.27 bits per heavy atom. The number of phenols is 1. The van der Waals surface area contributed by atoms with Gasteiger partial charge in [-0.15, -0.1) is 0 Å². The summed E-state index contributed by atoms with van der Waals surface area (Å²) in [5, 5.41) is 22.5. The van der Waals surface area contributed by atoms with Crippen molar-refractivity contribution in [2.75, 3.05) is 38.2 Å². The molecule has 158 valence electrons. The molecule has 2 atom stereocenters. The van der Waals surface area contributed by atoms with Gasteiger partial charge in [-0.25, -0.2) is 4.98 Å². The number of aromatic nitrogens is 1. The van der Waals surface area contributed by atoms with Gasteiger partial charge >= 0.3 is 0 Å². The molecule has 30 heavy (non-hydrogen) atoms. The summed E-state index contributed by atoms with van der Waals surface area (Å²) in [6.07, 6.45) is 3.50. The number of aromatic hydroxyl groups is 1. The van der Waals surface area contributed by atoms with Gasteiger partial charge in [0.15, 0.2) is 0 Å². The quantitative estimate of drug-likeness (QED) is 0.755. The monoisotopic (exact) mass is 428 g/mol. The first-order chi connectivity index (χ1) is 14.5. The summed E-state index contributed by atoms with van der Waals surface area (Å²) in [6, 6.07) is 10.8. The zero-order chi connectivity index (χ0) is 21.0. The van der Waals surface area contributed by atoms with E-state index < -0.39 is 0 Å². The number of anilines is 1. The Bertz CT molecular complexity index is 897. The lowest BCUT2D eigenvalue weighted by Crippen LogP contribution is -2.44. The first-order valence-corrected chi connectivity index (χ1v) is 10.5. The average Bonchev–Trinajstić information content (AvgIpc) is 3.01. The molecular weight excluding hydrogens is 404 g/mol. The van der Waals surface area contributed by atoms with Gasteiger partial charge in [-0.3, -0.25) is 4.90 Å². The molecule has 2 aliphatic rings. The molecule has 2 saturated heterocycles. The molecule has 0 radical (unpaired) electrons. The van der Waals surface area contributed by atoms with Crippen molar-refractivity contribution in [1.82, 2.24) is 9.88 Å². The maximum Gasteiger partial charge on any atom is 0.126 e. The van der Waals surface area contributed by atoms with Gasteiger partial charge in [0.25, 0.3) is 0 Å². The highest BCUT2D eigenvalue weighted by Gasteiger charge is 2.43. The summed E-state index contributed by atoms with van der Waals surface area (Å²) in [7, 11) is 0. The topological polar surface area (TPSA) is 90.6 Å². The first-order valence-electron chi connectivity index (χ1n) is 10.1. The number of ether oxygens (including phenoxy) is 2. The molecule has 1 spiro atoms. The van der Waals surface area contributed by atoms with E-state index in [-0.39, 0.29) is 17.5 Å². The number of pyridine rings is 1. The van der Waals surface area contributed by atoms with E-state index in [4.69, 9.17) is 26.3 Å². The van der Waals surface area contributed by atoms with Gasteiger partial charge in [0.2, 0.25) is 0 Å². The summed E-state index contributed by atoms with van der Waals surface area (Å²) in [4.78, 5) is 6.55. The van der Waals surface area contributed by atoms with Crippen molar-refractivity contribution in [3.05, 3.63) is 52.7 Å². The standard InChI is InChI=1S/C22H25ClN4O3/c23-18-7-17(8-19(28)9-18)13-27-5-6-29-15-22(14-27)4-3-20(30-22)12-26-21-2-1-16(10-24)11-25-21/h1-2,7-9,11,20,28H,3-6,12-15H2,(H,25,26)/t20-,22-/m1/s1. The third-order valence-corrected chi connectivity index (χ3v) is 5.74. The molecule has 4 rings (SSSR count). The molecule has 8 heteroatoms. The van der Waals surface area contributed by atoms with E-state index in [2.05, 4.69) is 21.3 Å². The minimum Gasteiger partial charge on any atom is -0.508 e. The number of hydrogen-bond donors (Lipinski definition) is 2. The summed E-state index contributed by atoms with van der Waals surface area (Å²) < 4.78 is 12.3. The highest BCUT2D eigenvalue weighted by Crippen LogP contribution is 2.34. The van der Waals surface area contributed by atoms with E-state index in [1.165, 1.54) is 0 Å². The second-order valence-electron chi connectivity index (χ2n) is 7.97. The third-order valence-electron chi connectivity index (χ3n) is 5.52. The number of rotatable bonds is 5. The lowest BCUT2D eigenvalue weighted by molar-refractivity contribution is -0.0826. The van der Waals surface area contributed by atoms with E-state index >= 15 is 0 Å². The van der Waals surface area contributed by atoms with E-state index in [1.54, 1.807) is 30.5 Å². The molecule has 2 aromatic rings. The number of hydrogen-bond acceptors (Lipinski definition) is 7. The van der Waals surface area contributed by atoms with Gasteiger partial charge in [-0.05, 0) is 48.7 Å². The van der Waals surface area contributed by atoms with Crippen LogP contribution in [0, 0.1) is 11.3 Å². The van der Waals surface area contributed by atoms with Crippen molar-refractivity contribution in [3.63, 3.8) is 0 Å². The van der Waals surface area contributed by atoms with Crippen LogP contribution in [-0.4, -0.2) is 59.5 Å². The Balaban J connectivity index is 1.35. The molecule has 2 fully saturated rings. The zero-order valence-electron chi connectivity index (χ0n) is 16.7. The maximum absolute atomic E-state index is 9.82. The van der Waals surface area contributed by atoms with E-state index in [0.29, 0.717) is 36.9 Å². The molecule has 0 amide bonds. The van der Waals surface area contributed by atoms with E-state index in [1.807, 2.05) is 6.07 Å². The fourth-order valence-corrected chi connectivity index (χ4v) is 4.40. The van der Waals surface area contributed by atoms with Crippen LogP contribution in [0.2, 0.25) is 5.02 Å². The number of nitrogens with one attached hydrogen (secondary N) is 1. The molecule has 0 saturated carbocycles. The van der Waals surface area contributed by atoms with Gasteiger partial charge in [-0.2, -0.15) is 5.26 Å². The van der Waals surface area contributed by atoms with Gasteiger partial charge in [0, 0.05) is 37.4 Å². The summed E-state index contributed by atoms with van der Waals surface area (Å²) in [5.41, 5.74) is 1.18. The average molecular weight is 429 g/mol. The van der Waals surface area contributed by atoms with Crippen molar-refractivity contribution in [1.29, 1.82) is 5.26 Å². The second-order valence-corrected chi connectivity index (χ2v) is 8.40. The molecule has 7 nitrogen and oxygen atoms in total. The Kier molecular flexibility index (Phi) is 6.40. The van der Waals surface area contributed by atoms with Gasteiger partial charge < -0.3 is 19.9 Å². The van der Waals surface area contributed by atoms with Crippen LogP contribution in [0.3, 0.4) is 0 Å². The maximum atomic E-state index is 9.82. The smallest absolute Gasteiger partial charge is 0.126 e. The van der Waals surface area contributed by atoms with Crippen molar-refractivity contribution in [2.24, 2.45) is 0 Å². The number of benzene rings is 1. The van der Waals surface area contributed by atoms with Crippen LogP contribution in [0.25, 0.3) is 0 Å². The van der Waals surface area contributed by atoms with Crippen LogP contribution >= 0.6 is 11.6 Å². The third kappa shape index (κ3) is 5.21. The van der Waals surface area contributed by atoms with Crippen molar-refractivity contribution in [3.8, 4) is 11.8 Å². The minimum atomic E-state index is -0.332. The zero-order valence-corrected chi connectivity index (χ0v) is 17.4. The van der Waals surface area contributed by atoms with E-state index in [0.717, 1.165) is 37.3 Å². The fraction of sp³-hybridized carbons (Fsp3) is 0.455. The predicted molar refractivity (Wildman–Crippen MR) is 113 cm³/mol. The molecule has 0 bridgehead atoms. The minimum absolute atomic E-state index is 0.0706. The largest absolute Gasteiger partial charge is 0.508 e. The summed E-state index contributed by atoms with van der Waals surface area (Å²) in [6.45, 7) is 4.14.